The highest BCUT2D eigenvalue weighted by molar-refractivity contribution is 14.0. The molecule has 0 aliphatic carbocycles. The van der Waals surface area contributed by atoms with Crippen molar-refractivity contribution in [2.24, 2.45) is 10.7 Å². The van der Waals surface area contributed by atoms with Crippen LogP contribution in [0.5, 0.6) is 5.75 Å². The van der Waals surface area contributed by atoms with Gasteiger partial charge >= 0.3 is 6.36 Å². The third-order valence-corrected chi connectivity index (χ3v) is 3.42. The van der Waals surface area contributed by atoms with E-state index in [1.54, 1.807) is 6.07 Å². The van der Waals surface area contributed by atoms with Crippen LogP contribution in [0.1, 0.15) is 32.1 Å². The summed E-state index contributed by atoms with van der Waals surface area (Å²) in [5.41, 5.74) is 5.86. The maximum absolute atomic E-state index is 12.4. The fourth-order valence-corrected chi connectivity index (χ4v) is 2.23. The van der Waals surface area contributed by atoms with Gasteiger partial charge in [-0.05, 0) is 45.6 Å². The minimum atomic E-state index is -4.75. The van der Waals surface area contributed by atoms with Gasteiger partial charge in [0.1, 0.15) is 0 Å². The van der Waals surface area contributed by atoms with E-state index in [1.807, 2.05) is 0 Å². The van der Waals surface area contributed by atoms with E-state index in [0.29, 0.717) is 6.54 Å². The average Bonchev–Trinajstić information content (AvgIpc) is 2.50. The highest BCUT2D eigenvalue weighted by Gasteiger charge is 2.32. The third-order valence-electron chi connectivity index (χ3n) is 3.42. The summed E-state index contributed by atoms with van der Waals surface area (Å²) in [6.45, 7) is 1.63. The molecule has 0 saturated carbocycles. The molecule has 0 unspecified atom stereocenters. The SMILES string of the molecule is CN(C)CCCCCCCN=C(N)Nc1ccccc1OC(F)(F)F.I. The van der Waals surface area contributed by atoms with E-state index in [2.05, 4.69) is 34.0 Å². The lowest BCUT2D eigenvalue weighted by molar-refractivity contribution is -0.274. The lowest BCUT2D eigenvalue weighted by Gasteiger charge is -2.14. The molecule has 0 aliphatic heterocycles. The zero-order valence-electron chi connectivity index (χ0n) is 15.2. The van der Waals surface area contributed by atoms with Gasteiger partial charge in [0.2, 0.25) is 0 Å². The number of unbranched alkanes of at least 4 members (excludes halogenated alkanes) is 4. The van der Waals surface area contributed by atoms with Gasteiger partial charge < -0.3 is 20.7 Å². The van der Waals surface area contributed by atoms with Crippen LogP contribution >= 0.6 is 24.0 Å². The Labute approximate surface area is 170 Å². The first-order valence-electron chi connectivity index (χ1n) is 8.34. The second-order valence-corrected chi connectivity index (χ2v) is 6.01. The predicted octanol–water partition coefficient (Wildman–Crippen LogP) is 4.44. The van der Waals surface area contributed by atoms with Crippen molar-refractivity contribution >= 4 is 35.6 Å². The molecule has 0 saturated heterocycles. The standard InChI is InChI=1S/C17H27F3N4O.HI/c1-24(2)13-9-5-3-4-8-12-22-16(21)23-14-10-6-7-11-15(14)25-17(18,19)20;/h6-7,10-11H,3-5,8-9,12-13H2,1-2H3,(H3,21,22,23);1H. The molecule has 1 aromatic carbocycles. The zero-order valence-corrected chi connectivity index (χ0v) is 17.5. The van der Waals surface area contributed by atoms with Crippen molar-refractivity contribution in [3.8, 4) is 5.75 Å². The number of hydrogen-bond acceptors (Lipinski definition) is 3. The molecule has 0 heterocycles. The Morgan fingerprint density at radius 2 is 1.73 bits per heavy atom. The first kappa shape index (κ1) is 24.8. The Balaban J connectivity index is 0.00000625. The van der Waals surface area contributed by atoms with E-state index in [-0.39, 0.29) is 41.4 Å². The topological polar surface area (TPSA) is 62.9 Å². The number of benzene rings is 1. The highest BCUT2D eigenvalue weighted by atomic mass is 127. The zero-order chi connectivity index (χ0) is 18.7. The van der Waals surface area contributed by atoms with Crippen LogP contribution in [-0.2, 0) is 0 Å². The fraction of sp³-hybridized carbons (Fsp3) is 0.588. The molecule has 1 aromatic rings. The van der Waals surface area contributed by atoms with Crippen molar-refractivity contribution in [3.05, 3.63) is 24.3 Å². The van der Waals surface area contributed by atoms with E-state index in [9.17, 15) is 13.2 Å². The van der Waals surface area contributed by atoms with E-state index in [4.69, 9.17) is 5.73 Å². The Kier molecular flexibility index (Phi) is 12.4. The molecular weight excluding hydrogens is 460 g/mol. The Morgan fingerprint density at radius 1 is 1.12 bits per heavy atom. The van der Waals surface area contributed by atoms with Crippen molar-refractivity contribution in [1.82, 2.24) is 4.90 Å². The number of alkyl halides is 3. The molecule has 0 aliphatic rings. The lowest BCUT2D eigenvalue weighted by Crippen LogP contribution is -2.24. The number of anilines is 1. The van der Waals surface area contributed by atoms with Crippen molar-refractivity contribution in [3.63, 3.8) is 0 Å². The molecule has 3 N–H and O–H groups in total. The minimum absolute atomic E-state index is 0. The molecule has 0 amide bonds. The number of guanidine groups is 1. The van der Waals surface area contributed by atoms with Gasteiger partial charge in [0.05, 0.1) is 5.69 Å². The number of halogens is 4. The summed E-state index contributed by atoms with van der Waals surface area (Å²) < 4.78 is 41.0. The molecule has 26 heavy (non-hydrogen) atoms. The first-order chi connectivity index (χ1) is 11.8. The largest absolute Gasteiger partial charge is 0.573 e. The number of nitrogens with zero attached hydrogens (tertiary/aromatic N) is 2. The molecule has 9 heteroatoms. The summed E-state index contributed by atoms with van der Waals surface area (Å²) in [6.07, 6.45) is 0.686. The van der Waals surface area contributed by atoms with Crippen LogP contribution in [-0.4, -0.2) is 44.4 Å². The van der Waals surface area contributed by atoms with Gasteiger partial charge in [0.15, 0.2) is 11.7 Å². The molecule has 0 spiro atoms. The smallest absolute Gasteiger partial charge is 0.404 e. The van der Waals surface area contributed by atoms with E-state index < -0.39 is 6.36 Å². The number of para-hydroxylation sites is 2. The van der Waals surface area contributed by atoms with Crippen LogP contribution < -0.4 is 15.8 Å². The Bertz CT molecular complexity index is 539. The van der Waals surface area contributed by atoms with Gasteiger partial charge in [-0.15, -0.1) is 37.1 Å². The van der Waals surface area contributed by atoms with Gasteiger partial charge in [-0.3, -0.25) is 4.99 Å². The monoisotopic (exact) mass is 488 g/mol. The van der Waals surface area contributed by atoms with Crippen molar-refractivity contribution in [2.45, 2.75) is 38.5 Å². The van der Waals surface area contributed by atoms with Crippen molar-refractivity contribution < 1.29 is 17.9 Å². The second-order valence-electron chi connectivity index (χ2n) is 6.01. The molecule has 0 fully saturated rings. The number of hydrogen-bond donors (Lipinski definition) is 2. The number of rotatable bonds is 10. The van der Waals surface area contributed by atoms with Crippen molar-refractivity contribution in [1.29, 1.82) is 0 Å². The summed E-state index contributed by atoms with van der Waals surface area (Å²) >= 11 is 0. The highest BCUT2D eigenvalue weighted by Crippen LogP contribution is 2.29. The number of ether oxygens (including phenoxy) is 1. The van der Waals surface area contributed by atoms with Crippen LogP contribution in [0, 0.1) is 0 Å². The van der Waals surface area contributed by atoms with Gasteiger partial charge in [-0.1, -0.05) is 31.4 Å². The third kappa shape index (κ3) is 12.2. The maximum atomic E-state index is 12.4. The molecule has 0 aromatic heterocycles. The van der Waals surface area contributed by atoms with Gasteiger partial charge in [-0.25, -0.2) is 0 Å². The van der Waals surface area contributed by atoms with E-state index in [0.717, 1.165) is 25.8 Å². The molecule has 0 bridgehead atoms. The Morgan fingerprint density at radius 3 is 2.38 bits per heavy atom. The van der Waals surface area contributed by atoms with E-state index >= 15 is 0 Å². The molecule has 5 nitrogen and oxygen atoms in total. The normalized spacial score (nSPS) is 12.0. The number of aliphatic imine (C=N–C) groups is 1. The summed E-state index contributed by atoms with van der Waals surface area (Å²) in [4.78, 5) is 6.31. The van der Waals surface area contributed by atoms with Crippen LogP contribution in [0.25, 0.3) is 0 Å². The van der Waals surface area contributed by atoms with Crippen LogP contribution in [0.15, 0.2) is 29.3 Å². The summed E-state index contributed by atoms with van der Waals surface area (Å²) in [5, 5.41) is 2.65. The van der Waals surface area contributed by atoms with Gasteiger partial charge in [0, 0.05) is 6.54 Å². The molecule has 150 valence electrons. The maximum Gasteiger partial charge on any atom is 0.573 e. The minimum Gasteiger partial charge on any atom is -0.404 e. The second kappa shape index (κ2) is 13.0. The van der Waals surface area contributed by atoms with Crippen LogP contribution in [0.3, 0.4) is 0 Å². The molecule has 0 atom stereocenters. The number of nitrogens with two attached hydrogens (primary N) is 1. The first-order valence-corrected chi connectivity index (χ1v) is 8.34. The summed E-state index contributed by atoms with van der Waals surface area (Å²) in [5.74, 6) is -0.264. The Hall–Kier alpha value is -1.23. The quantitative estimate of drug-likeness (QED) is 0.221. The average molecular weight is 488 g/mol. The van der Waals surface area contributed by atoms with E-state index in [1.165, 1.54) is 31.0 Å². The fourth-order valence-electron chi connectivity index (χ4n) is 2.23. The van der Waals surface area contributed by atoms with Crippen LogP contribution in [0.4, 0.5) is 18.9 Å². The van der Waals surface area contributed by atoms with Crippen molar-refractivity contribution in [2.75, 3.05) is 32.5 Å². The molecule has 0 radical (unpaired) electrons. The van der Waals surface area contributed by atoms with Gasteiger partial charge in [0.25, 0.3) is 0 Å². The summed E-state index contributed by atoms with van der Waals surface area (Å²) in [6, 6.07) is 5.72. The van der Waals surface area contributed by atoms with Gasteiger partial charge in [-0.2, -0.15) is 0 Å². The van der Waals surface area contributed by atoms with Crippen LogP contribution in [0.2, 0.25) is 0 Å². The summed E-state index contributed by atoms with van der Waals surface area (Å²) in [7, 11) is 4.12. The lowest BCUT2D eigenvalue weighted by atomic mass is 10.1. The predicted molar refractivity (Wildman–Crippen MR) is 110 cm³/mol. The molecular formula is C17H28F3IN4O. The number of nitrogens with one attached hydrogen (secondary N) is 1. The molecule has 1 rings (SSSR count).